The van der Waals surface area contributed by atoms with E-state index in [1.165, 1.54) is 21.3 Å². The molecule has 0 unspecified atom stereocenters. The van der Waals surface area contributed by atoms with Gasteiger partial charge in [0.15, 0.2) is 11.5 Å². The minimum atomic E-state index is -0.729. The number of benzene rings is 2. The van der Waals surface area contributed by atoms with Gasteiger partial charge in [-0.2, -0.15) is 0 Å². The largest absolute Gasteiger partial charge is 0.493 e. The van der Waals surface area contributed by atoms with Gasteiger partial charge < -0.3 is 14.2 Å². The highest BCUT2D eigenvalue weighted by molar-refractivity contribution is 7.82. The molecule has 0 aromatic heterocycles. The fourth-order valence-corrected chi connectivity index (χ4v) is 5.26. The van der Waals surface area contributed by atoms with E-state index >= 15 is 0 Å². The van der Waals surface area contributed by atoms with Gasteiger partial charge >= 0.3 is 0 Å². The Morgan fingerprint density at radius 1 is 1.03 bits per heavy atom. The fraction of sp³-hybridized carbons (Fsp3) is 0.348. The van der Waals surface area contributed by atoms with Crippen molar-refractivity contribution in [1.29, 1.82) is 0 Å². The van der Waals surface area contributed by atoms with Crippen LogP contribution in [-0.4, -0.2) is 48.5 Å². The van der Waals surface area contributed by atoms with Crippen LogP contribution in [-0.2, 0) is 0 Å². The van der Waals surface area contributed by atoms with E-state index < -0.39 is 5.66 Å². The van der Waals surface area contributed by atoms with Crippen LogP contribution in [0, 0.1) is 0 Å². The Labute approximate surface area is 202 Å². The molecular formula is C23H22Cl2N2O4S. The third-order valence-electron chi connectivity index (χ3n) is 5.85. The monoisotopic (exact) mass is 492 g/mol. The number of thiocarbonyl (C=S) groups is 1. The van der Waals surface area contributed by atoms with Gasteiger partial charge in [-0.15, -0.1) is 0 Å². The molecule has 2 aromatic rings. The van der Waals surface area contributed by atoms with Crippen LogP contribution >= 0.6 is 35.4 Å². The normalized spacial score (nSPS) is 17.0. The number of hydrogen-bond donors (Lipinski definition) is 0. The van der Waals surface area contributed by atoms with Gasteiger partial charge in [-0.25, -0.2) is 0 Å². The predicted molar refractivity (Wildman–Crippen MR) is 129 cm³/mol. The zero-order chi connectivity index (χ0) is 23.0. The molecule has 1 fully saturated rings. The average molecular weight is 493 g/mol. The summed E-state index contributed by atoms with van der Waals surface area (Å²) in [4.78, 5) is 20.8. The summed E-state index contributed by atoms with van der Waals surface area (Å²) in [5.41, 5.74) is 0.830. The number of methoxy groups -OCH3 is 3. The van der Waals surface area contributed by atoms with Crippen LogP contribution in [0.25, 0.3) is 0 Å². The number of ether oxygens (including phenoxy) is 3. The molecule has 0 radical (unpaired) electrons. The summed E-state index contributed by atoms with van der Waals surface area (Å²) in [5.74, 6) is 0.918. The Morgan fingerprint density at radius 3 is 2.19 bits per heavy atom. The average Bonchev–Trinajstić information content (AvgIpc) is 3.36. The van der Waals surface area contributed by atoms with Crippen LogP contribution in [0.3, 0.4) is 0 Å². The quantitative estimate of drug-likeness (QED) is 0.511. The number of nitrogens with zero attached hydrogens (tertiary/aromatic N) is 2. The summed E-state index contributed by atoms with van der Waals surface area (Å²) < 4.78 is 16.2. The van der Waals surface area contributed by atoms with Gasteiger partial charge in [0.05, 0.1) is 26.4 Å². The minimum Gasteiger partial charge on any atom is -0.493 e. The number of amides is 1. The highest BCUT2D eigenvalue weighted by Crippen LogP contribution is 2.44. The lowest BCUT2D eigenvalue weighted by atomic mass is 10.1. The van der Waals surface area contributed by atoms with Crippen LogP contribution in [0.1, 0.15) is 41.6 Å². The van der Waals surface area contributed by atoms with Gasteiger partial charge in [0.1, 0.15) is 16.4 Å². The van der Waals surface area contributed by atoms with Crippen molar-refractivity contribution in [3.05, 3.63) is 51.5 Å². The Morgan fingerprint density at radius 2 is 1.66 bits per heavy atom. The van der Waals surface area contributed by atoms with Gasteiger partial charge in [0.25, 0.3) is 5.91 Å². The SMILES string of the molecule is COc1cc(C(=O)N2C(=S)C(c3ccc(Cl)cc3Cl)=NC23CCCC3)cc(OC)c1OC. The van der Waals surface area contributed by atoms with E-state index in [1.54, 1.807) is 35.2 Å². The smallest absolute Gasteiger partial charge is 0.261 e. The molecule has 2 aliphatic rings. The Hall–Kier alpha value is -2.35. The maximum atomic E-state index is 13.8. The van der Waals surface area contributed by atoms with E-state index in [9.17, 15) is 4.79 Å². The second kappa shape index (κ2) is 8.89. The fourth-order valence-electron chi connectivity index (χ4n) is 4.35. The molecular weight excluding hydrogens is 471 g/mol. The molecule has 0 bridgehead atoms. The maximum Gasteiger partial charge on any atom is 0.261 e. The predicted octanol–water partition coefficient (Wildman–Crippen LogP) is 5.56. The zero-order valence-corrected chi connectivity index (χ0v) is 20.2. The van der Waals surface area contributed by atoms with Crippen molar-refractivity contribution in [2.45, 2.75) is 31.3 Å². The first-order valence-electron chi connectivity index (χ1n) is 10.1. The molecule has 1 heterocycles. The van der Waals surface area contributed by atoms with Crippen molar-refractivity contribution >= 4 is 52.0 Å². The molecule has 1 saturated carbocycles. The molecule has 0 atom stereocenters. The third-order valence-corrected chi connectivity index (χ3v) is 6.77. The van der Waals surface area contributed by atoms with E-state index in [0.29, 0.717) is 49.1 Å². The van der Waals surface area contributed by atoms with Crippen LogP contribution < -0.4 is 14.2 Å². The Bertz CT molecular complexity index is 1100. The van der Waals surface area contributed by atoms with Crippen molar-refractivity contribution in [1.82, 2.24) is 4.90 Å². The molecule has 1 amide bonds. The van der Waals surface area contributed by atoms with Gasteiger partial charge in [-0.05, 0) is 56.0 Å². The number of halogens is 2. The molecule has 9 heteroatoms. The first-order chi connectivity index (χ1) is 15.3. The standard InChI is InChI=1S/C23H22Cl2N2O4S/c1-29-17-10-13(11-18(30-2)20(17)31-3)21(28)27-22(32)19(26-23(27)8-4-5-9-23)15-7-6-14(24)12-16(15)25/h6-7,10-12H,4-5,8-9H2,1-3H3. The lowest BCUT2D eigenvalue weighted by Crippen LogP contribution is -2.48. The van der Waals surface area contributed by atoms with Crippen LogP contribution in [0.15, 0.2) is 35.3 Å². The van der Waals surface area contributed by atoms with E-state index in [1.807, 2.05) is 0 Å². The van der Waals surface area contributed by atoms with Gasteiger partial charge in [-0.1, -0.05) is 35.4 Å². The molecule has 6 nitrogen and oxygen atoms in total. The molecule has 168 valence electrons. The molecule has 1 spiro atoms. The molecule has 0 saturated heterocycles. The Balaban J connectivity index is 1.80. The molecule has 2 aromatic carbocycles. The van der Waals surface area contributed by atoms with Crippen molar-refractivity contribution in [2.75, 3.05) is 21.3 Å². The number of carbonyl (C=O) groups excluding carboxylic acids is 1. The van der Waals surface area contributed by atoms with Crippen molar-refractivity contribution in [3.63, 3.8) is 0 Å². The molecule has 0 N–H and O–H groups in total. The molecule has 1 aliphatic heterocycles. The van der Waals surface area contributed by atoms with Crippen molar-refractivity contribution in [3.8, 4) is 17.2 Å². The van der Waals surface area contributed by atoms with Gasteiger partial charge in [-0.3, -0.25) is 14.7 Å². The number of rotatable bonds is 5. The first-order valence-corrected chi connectivity index (χ1v) is 11.3. The molecule has 4 rings (SSSR count). The van der Waals surface area contributed by atoms with Gasteiger partial charge in [0.2, 0.25) is 5.75 Å². The maximum absolute atomic E-state index is 13.8. The summed E-state index contributed by atoms with van der Waals surface area (Å²) >= 11 is 18.3. The Kier molecular flexibility index (Phi) is 6.34. The summed E-state index contributed by atoms with van der Waals surface area (Å²) in [7, 11) is 4.53. The summed E-state index contributed by atoms with van der Waals surface area (Å²) in [6.45, 7) is 0. The topological polar surface area (TPSA) is 60.4 Å². The first kappa shape index (κ1) is 22.8. The highest BCUT2D eigenvalue weighted by atomic mass is 35.5. The van der Waals surface area contributed by atoms with E-state index in [0.717, 1.165) is 25.7 Å². The second-order valence-electron chi connectivity index (χ2n) is 7.63. The number of carbonyl (C=O) groups is 1. The lowest BCUT2D eigenvalue weighted by molar-refractivity contribution is 0.0723. The second-order valence-corrected chi connectivity index (χ2v) is 8.86. The summed E-state index contributed by atoms with van der Waals surface area (Å²) in [6, 6.07) is 8.42. The summed E-state index contributed by atoms with van der Waals surface area (Å²) in [6.07, 6.45) is 3.34. The zero-order valence-electron chi connectivity index (χ0n) is 17.9. The van der Waals surface area contributed by atoms with Crippen LogP contribution in [0.4, 0.5) is 0 Å². The number of aliphatic imine (C=N–C) groups is 1. The minimum absolute atomic E-state index is 0.278. The van der Waals surface area contributed by atoms with E-state index in [2.05, 4.69) is 0 Å². The van der Waals surface area contributed by atoms with Crippen molar-refractivity contribution < 1.29 is 19.0 Å². The molecule has 1 aliphatic carbocycles. The van der Waals surface area contributed by atoms with Crippen LogP contribution in [0.5, 0.6) is 17.2 Å². The highest BCUT2D eigenvalue weighted by Gasteiger charge is 2.50. The molecule has 32 heavy (non-hydrogen) atoms. The van der Waals surface area contributed by atoms with Crippen molar-refractivity contribution in [2.24, 2.45) is 4.99 Å². The summed E-state index contributed by atoms with van der Waals surface area (Å²) in [5, 5.41) is 0.957. The third kappa shape index (κ3) is 3.72. The van der Waals surface area contributed by atoms with Crippen LogP contribution in [0.2, 0.25) is 10.0 Å². The lowest BCUT2D eigenvalue weighted by Gasteiger charge is -2.32. The van der Waals surface area contributed by atoms with E-state index in [-0.39, 0.29) is 5.91 Å². The number of hydrogen-bond acceptors (Lipinski definition) is 6. The van der Waals surface area contributed by atoms with E-state index in [4.69, 9.17) is 54.6 Å². The van der Waals surface area contributed by atoms with Gasteiger partial charge in [0, 0.05) is 16.1 Å².